The first kappa shape index (κ1) is 19.7. The molecule has 4 nitrogen and oxygen atoms in total. The second-order valence-electron chi connectivity index (χ2n) is 5.41. The fourth-order valence-corrected chi connectivity index (χ4v) is 2.82. The number of amides is 2. The molecule has 2 amide bonds. The topological polar surface area (TPSA) is 61.4 Å². The Balaban J connectivity index is 2.48. The number of aliphatic hydroxyl groups excluding tert-OH is 1. The number of hydrogen-bond acceptors (Lipinski definition) is 3. The molecule has 7 heteroatoms. The Hall–Kier alpha value is -1.34. The summed E-state index contributed by atoms with van der Waals surface area (Å²) in [6, 6.07) is 2.16. The maximum absolute atomic E-state index is 13.2. The van der Waals surface area contributed by atoms with Gasteiger partial charge in [0, 0.05) is 6.04 Å². The van der Waals surface area contributed by atoms with E-state index in [9.17, 15) is 18.7 Å². The summed E-state index contributed by atoms with van der Waals surface area (Å²) in [5.74, 6) is -0.000206. The molecule has 0 saturated heterocycles. The number of urea groups is 1. The van der Waals surface area contributed by atoms with Gasteiger partial charge in [-0.2, -0.15) is 11.8 Å². The Morgan fingerprint density at radius 3 is 2.57 bits per heavy atom. The molecular weight excluding hydrogens is 322 g/mol. The van der Waals surface area contributed by atoms with E-state index in [1.165, 1.54) is 6.07 Å². The number of rotatable bonds is 8. The normalized spacial score (nSPS) is 14.9. The molecule has 0 spiro atoms. The van der Waals surface area contributed by atoms with Crippen LogP contribution in [0.1, 0.15) is 38.9 Å². The van der Waals surface area contributed by atoms with Gasteiger partial charge in [0.2, 0.25) is 0 Å². The van der Waals surface area contributed by atoms with Gasteiger partial charge in [-0.3, -0.25) is 0 Å². The molecule has 3 unspecified atom stereocenters. The lowest BCUT2D eigenvalue weighted by molar-refractivity contribution is 0.136. The maximum Gasteiger partial charge on any atom is 0.315 e. The van der Waals surface area contributed by atoms with Crippen LogP contribution >= 0.6 is 11.8 Å². The molecule has 0 bridgehead atoms. The highest BCUT2D eigenvalue weighted by Gasteiger charge is 2.20. The smallest absolute Gasteiger partial charge is 0.315 e. The van der Waals surface area contributed by atoms with Crippen LogP contribution in [0.25, 0.3) is 0 Å². The van der Waals surface area contributed by atoms with Crippen LogP contribution in [-0.2, 0) is 0 Å². The second-order valence-corrected chi connectivity index (χ2v) is 6.81. The number of thioether (sulfide) groups is 1. The molecule has 23 heavy (non-hydrogen) atoms. The van der Waals surface area contributed by atoms with Crippen molar-refractivity contribution in [3.8, 4) is 0 Å². The van der Waals surface area contributed by atoms with Gasteiger partial charge >= 0.3 is 6.03 Å². The van der Waals surface area contributed by atoms with Crippen molar-refractivity contribution in [1.82, 2.24) is 10.6 Å². The lowest BCUT2D eigenvalue weighted by atomic mass is 10.0. The van der Waals surface area contributed by atoms with Gasteiger partial charge in [-0.15, -0.1) is 0 Å². The van der Waals surface area contributed by atoms with Crippen LogP contribution in [0.2, 0.25) is 0 Å². The predicted octanol–water partition coefficient (Wildman–Crippen LogP) is 3.22. The molecule has 3 atom stereocenters. The molecule has 0 aliphatic heterocycles. The van der Waals surface area contributed by atoms with E-state index in [1.807, 2.05) is 6.92 Å². The van der Waals surface area contributed by atoms with Crippen molar-refractivity contribution in [2.24, 2.45) is 0 Å². The van der Waals surface area contributed by atoms with Gasteiger partial charge in [-0.1, -0.05) is 13.0 Å². The molecule has 0 fully saturated rings. The van der Waals surface area contributed by atoms with Gasteiger partial charge in [-0.25, -0.2) is 13.6 Å². The van der Waals surface area contributed by atoms with Crippen LogP contribution in [0.3, 0.4) is 0 Å². The molecule has 1 rings (SSSR count). The molecule has 0 saturated carbocycles. The Labute approximate surface area is 140 Å². The van der Waals surface area contributed by atoms with Crippen molar-refractivity contribution in [1.29, 1.82) is 0 Å². The molecule has 0 aromatic heterocycles. The fourth-order valence-electron chi connectivity index (χ4n) is 2.01. The predicted molar refractivity (Wildman–Crippen MR) is 89.5 cm³/mol. The van der Waals surface area contributed by atoms with Crippen molar-refractivity contribution < 1.29 is 18.7 Å². The summed E-state index contributed by atoms with van der Waals surface area (Å²) in [5.41, 5.74) is 0.212. The highest BCUT2D eigenvalue weighted by Crippen LogP contribution is 2.19. The third kappa shape index (κ3) is 6.74. The van der Waals surface area contributed by atoms with Crippen LogP contribution in [0.15, 0.2) is 18.2 Å². The number of aliphatic hydroxyl groups is 1. The Morgan fingerprint density at radius 1 is 1.26 bits per heavy atom. The highest BCUT2D eigenvalue weighted by atomic mass is 32.2. The van der Waals surface area contributed by atoms with E-state index in [0.717, 1.165) is 30.1 Å². The monoisotopic (exact) mass is 346 g/mol. The number of benzene rings is 1. The molecule has 1 aromatic carbocycles. The zero-order chi connectivity index (χ0) is 17.4. The van der Waals surface area contributed by atoms with Gasteiger partial charge < -0.3 is 15.7 Å². The van der Waals surface area contributed by atoms with E-state index in [0.29, 0.717) is 0 Å². The third-order valence-electron chi connectivity index (χ3n) is 3.39. The largest absolute Gasteiger partial charge is 0.386 e. The summed E-state index contributed by atoms with van der Waals surface area (Å²) in [5, 5.41) is 15.5. The summed E-state index contributed by atoms with van der Waals surface area (Å²) < 4.78 is 26.1. The zero-order valence-electron chi connectivity index (χ0n) is 13.6. The van der Waals surface area contributed by atoms with E-state index in [4.69, 9.17) is 0 Å². The number of hydrogen-bond donors (Lipinski definition) is 3. The number of halogens is 2. The Kier molecular flexibility index (Phi) is 8.33. The molecule has 1 aromatic rings. The van der Waals surface area contributed by atoms with Crippen LogP contribution < -0.4 is 10.6 Å². The lowest BCUT2D eigenvalue weighted by Gasteiger charge is -2.22. The van der Waals surface area contributed by atoms with Crippen molar-refractivity contribution in [3.63, 3.8) is 0 Å². The van der Waals surface area contributed by atoms with Gasteiger partial charge in [0.05, 0.1) is 12.1 Å². The SMILES string of the molecule is CCSCCC(C)NC(=O)NC(C)C(O)c1ccc(F)c(F)c1. The van der Waals surface area contributed by atoms with E-state index in [2.05, 4.69) is 17.6 Å². The minimum absolute atomic E-state index is 0.0154. The lowest BCUT2D eigenvalue weighted by Crippen LogP contribution is -2.46. The van der Waals surface area contributed by atoms with Crippen LogP contribution in [0.5, 0.6) is 0 Å². The van der Waals surface area contributed by atoms with E-state index < -0.39 is 29.8 Å². The van der Waals surface area contributed by atoms with Crippen molar-refractivity contribution in [2.75, 3.05) is 11.5 Å². The van der Waals surface area contributed by atoms with Gasteiger partial charge in [0.15, 0.2) is 11.6 Å². The number of nitrogens with one attached hydrogen (secondary N) is 2. The average molecular weight is 346 g/mol. The minimum Gasteiger partial charge on any atom is -0.386 e. The minimum atomic E-state index is -1.12. The Morgan fingerprint density at radius 2 is 1.96 bits per heavy atom. The first-order chi connectivity index (χ1) is 10.8. The molecule has 0 radical (unpaired) electrons. The van der Waals surface area contributed by atoms with Crippen molar-refractivity contribution in [2.45, 2.75) is 45.4 Å². The van der Waals surface area contributed by atoms with Gasteiger partial charge in [0.25, 0.3) is 0 Å². The van der Waals surface area contributed by atoms with Crippen LogP contribution in [0, 0.1) is 11.6 Å². The van der Waals surface area contributed by atoms with Crippen molar-refractivity contribution >= 4 is 17.8 Å². The highest BCUT2D eigenvalue weighted by molar-refractivity contribution is 7.99. The van der Waals surface area contributed by atoms with Gasteiger partial charge in [0.1, 0.15) is 0 Å². The summed E-state index contributed by atoms with van der Waals surface area (Å²) >= 11 is 1.80. The molecule has 130 valence electrons. The first-order valence-electron chi connectivity index (χ1n) is 7.63. The van der Waals surface area contributed by atoms with Gasteiger partial charge in [-0.05, 0) is 49.5 Å². The molecule has 3 N–H and O–H groups in total. The Bertz CT molecular complexity index is 517. The van der Waals surface area contributed by atoms with E-state index in [1.54, 1.807) is 18.7 Å². The van der Waals surface area contributed by atoms with E-state index in [-0.39, 0.29) is 11.6 Å². The molecular formula is C16H24F2N2O2S. The van der Waals surface area contributed by atoms with Crippen LogP contribution in [-0.4, -0.2) is 34.7 Å². The zero-order valence-corrected chi connectivity index (χ0v) is 14.4. The average Bonchev–Trinajstić information content (AvgIpc) is 2.49. The molecule has 0 aliphatic carbocycles. The first-order valence-corrected chi connectivity index (χ1v) is 8.78. The summed E-state index contributed by atoms with van der Waals surface area (Å²) in [4.78, 5) is 11.9. The van der Waals surface area contributed by atoms with E-state index >= 15 is 0 Å². The fraction of sp³-hybridized carbons (Fsp3) is 0.562. The molecule has 0 aliphatic rings. The third-order valence-corrected chi connectivity index (χ3v) is 4.33. The quantitative estimate of drug-likeness (QED) is 0.634. The number of carbonyl (C=O) groups excluding carboxylic acids is 1. The van der Waals surface area contributed by atoms with Crippen molar-refractivity contribution in [3.05, 3.63) is 35.4 Å². The van der Waals surface area contributed by atoms with Crippen LogP contribution in [0.4, 0.5) is 13.6 Å². The standard InChI is InChI=1S/C16H24F2N2O2S/c1-4-23-8-7-10(2)19-16(22)20-11(3)15(21)12-5-6-13(17)14(18)9-12/h5-6,9-11,15,21H,4,7-8H2,1-3H3,(H2,19,20,22). The summed E-state index contributed by atoms with van der Waals surface area (Å²) in [6.07, 6.45) is -0.270. The maximum atomic E-state index is 13.2. The summed E-state index contributed by atoms with van der Waals surface area (Å²) in [7, 11) is 0. The molecule has 0 heterocycles. The number of carbonyl (C=O) groups is 1. The second kappa shape index (κ2) is 9.72. The summed E-state index contributed by atoms with van der Waals surface area (Å²) in [6.45, 7) is 5.59.